The van der Waals surface area contributed by atoms with Crippen LogP contribution >= 0.6 is 11.3 Å². The lowest BCUT2D eigenvalue weighted by atomic mass is 10.1. The van der Waals surface area contributed by atoms with Crippen molar-refractivity contribution in [2.75, 3.05) is 18.5 Å². The first kappa shape index (κ1) is 21.0. The number of halogens is 2. The number of amides is 2. The van der Waals surface area contributed by atoms with Crippen molar-refractivity contribution in [3.8, 4) is 10.6 Å². The Bertz CT molecular complexity index is 1100. The fraction of sp³-hybridized carbons (Fsp3) is 0.238. The van der Waals surface area contributed by atoms with E-state index in [1.54, 1.807) is 0 Å². The molecule has 1 aliphatic heterocycles. The van der Waals surface area contributed by atoms with Gasteiger partial charge in [0, 0.05) is 30.8 Å². The van der Waals surface area contributed by atoms with E-state index < -0.39 is 17.5 Å². The zero-order chi connectivity index (χ0) is 21.8. The van der Waals surface area contributed by atoms with Crippen molar-refractivity contribution in [3.05, 3.63) is 64.9 Å². The lowest BCUT2D eigenvalue weighted by molar-refractivity contribution is 0.0697. The minimum atomic E-state index is -0.763. The smallest absolute Gasteiger partial charge is 0.275 e. The van der Waals surface area contributed by atoms with E-state index in [-0.39, 0.29) is 39.5 Å². The quantitative estimate of drug-likeness (QED) is 0.627. The summed E-state index contributed by atoms with van der Waals surface area (Å²) in [6.45, 7) is 1.17. The highest BCUT2D eigenvalue weighted by Crippen LogP contribution is 2.29. The van der Waals surface area contributed by atoms with Gasteiger partial charge >= 0.3 is 0 Å². The van der Waals surface area contributed by atoms with Gasteiger partial charge in [-0.05, 0) is 31.0 Å². The first-order valence-corrected chi connectivity index (χ1v) is 10.4. The number of carbonyl (C=O) groups excluding carboxylic acids is 2. The fourth-order valence-electron chi connectivity index (χ4n) is 3.18. The summed E-state index contributed by atoms with van der Waals surface area (Å²) in [5.74, 6) is -2.48. The maximum absolute atomic E-state index is 14.0. The van der Waals surface area contributed by atoms with Gasteiger partial charge in [-0.3, -0.25) is 14.6 Å². The summed E-state index contributed by atoms with van der Waals surface area (Å²) in [4.78, 5) is 33.4. The standard InChI is InChI=1S/C21H18F2N4O3S/c22-14-2-1-3-15(23)18(14)21-27-17(11-31-21)20(29)26-16-10-24-7-4-13(16)19(28)25-12-5-8-30-9-6-12/h1-4,7,10-12H,5-6,8-9H2,(H,25,28)(H,26,29). The SMILES string of the molecule is O=C(Nc1cnccc1C(=O)NC1CCOCC1)c1csc(-c2c(F)cccc2F)n1. The third kappa shape index (κ3) is 4.75. The summed E-state index contributed by atoms with van der Waals surface area (Å²) in [5.41, 5.74) is 0.154. The number of hydrogen-bond acceptors (Lipinski definition) is 6. The number of nitrogens with one attached hydrogen (secondary N) is 2. The maximum Gasteiger partial charge on any atom is 0.275 e. The van der Waals surface area contributed by atoms with Crippen LogP contribution in [-0.4, -0.2) is 41.0 Å². The van der Waals surface area contributed by atoms with Crippen molar-refractivity contribution in [2.45, 2.75) is 18.9 Å². The van der Waals surface area contributed by atoms with Gasteiger partial charge in [-0.25, -0.2) is 13.8 Å². The molecule has 160 valence electrons. The van der Waals surface area contributed by atoms with Crippen LogP contribution in [0.5, 0.6) is 0 Å². The molecule has 0 radical (unpaired) electrons. The van der Waals surface area contributed by atoms with Crippen molar-refractivity contribution < 1.29 is 23.1 Å². The lowest BCUT2D eigenvalue weighted by Crippen LogP contribution is -2.39. The number of thiazole rings is 1. The van der Waals surface area contributed by atoms with E-state index in [0.717, 1.165) is 23.5 Å². The molecule has 1 saturated heterocycles. The highest BCUT2D eigenvalue weighted by molar-refractivity contribution is 7.13. The third-order valence-corrected chi connectivity index (χ3v) is 5.64. The summed E-state index contributed by atoms with van der Waals surface area (Å²) < 4.78 is 33.3. The molecule has 2 aromatic heterocycles. The van der Waals surface area contributed by atoms with Gasteiger partial charge in [0.2, 0.25) is 0 Å². The molecule has 2 N–H and O–H groups in total. The van der Waals surface area contributed by atoms with Crippen LogP contribution in [0.1, 0.15) is 33.7 Å². The molecular weight excluding hydrogens is 426 g/mol. The highest BCUT2D eigenvalue weighted by atomic mass is 32.1. The molecule has 1 aliphatic rings. The predicted molar refractivity (Wildman–Crippen MR) is 111 cm³/mol. The Labute approximate surface area is 180 Å². The second-order valence-electron chi connectivity index (χ2n) is 6.87. The Balaban J connectivity index is 1.51. The van der Waals surface area contributed by atoms with E-state index in [1.165, 1.54) is 29.9 Å². The summed E-state index contributed by atoms with van der Waals surface area (Å²) in [6.07, 6.45) is 4.25. The van der Waals surface area contributed by atoms with Gasteiger partial charge in [-0.2, -0.15) is 0 Å². The molecule has 4 rings (SSSR count). The van der Waals surface area contributed by atoms with Crippen LogP contribution in [0.2, 0.25) is 0 Å². The summed E-state index contributed by atoms with van der Waals surface area (Å²) in [5, 5.41) is 6.98. The van der Waals surface area contributed by atoms with Crippen LogP contribution in [0.3, 0.4) is 0 Å². The molecule has 0 saturated carbocycles. The van der Waals surface area contributed by atoms with Crippen LogP contribution in [0.25, 0.3) is 10.6 Å². The van der Waals surface area contributed by atoms with Crippen LogP contribution in [0.15, 0.2) is 42.0 Å². The summed E-state index contributed by atoms with van der Waals surface area (Å²) in [6, 6.07) is 5.00. The second-order valence-corrected chi connectivity index (χ2v) is 7.73. The average molecular weight is 444 g/mol. The van der Waals surface area contributed by atoms with Crippen molar-refractivity contribution in [1.82, 2.24) is 15.3 Å². The van der Waals surface area contributed by atoms with Gasteiger partial charge in [0.05, 0.1) is 23.0 Å². The van der Waals surface area contributed by atoms with Crippen molar-refractivity contribution in [3.63, 3.8) is 0 Å². The summed E-state index contributed by atoms with van der Waals surface area (Å²) >= 11 is 0.945. The molecule has 3 heterocycles. The monoisotopic (exact) mass is 444 g/mol. The van der Waals surface area contributed by atoms with E-state index in [9.17, 15) is 18.4 Å². The van der Waals surface area contributed by atoms with Gasteiger partial charge < -0.3 is 15.4 Å². The Hall–Kier alpha value is -3.24. The molecule has 31 heavy (non-hydrogen) atoms. The molecule has 1 aromatic carbocycles. The number of pyridine rings is 1. The molecule has 10 heteroatoms. The fourth-order valence-corrected chi connectivity index (χ4v) is 4.03. The Kier molecular flexibility index (Phi) is 6.28. The van der Waals surface area contributed by atoms with Gasteiger partial charge in [0.1, 0.15) is 22.3 Å². The predicted octanol–water partition coefficient (Wildman–Crippen LogP) is 3.64. The zero-order valence-corrected chi connectivity index (χ0v) is 17.0. The Morgan fingerprint density at radius 3 is 2.58 bits per heavy atom. The molecular formula is C21H18F2N4O3S. The van der Waals surface area contributed by atoms with Gasteiger partial charge in [0.25, 0.3) is 11.8 Å². The largest absolute Gasteiger partial charge is 0.381 e. The maximum atomic E-state index is 14.0. The zero-order valence-electron chi connectivity index (χ0n) is 16.2. The molecule has 0 bridgehead atoms. The Morgan fingerprint density at radius 1 is 1.10 bits per heavy atom. The minimum absolute atomic E-state index is 0.00488. The van der Waals surface area contributed by atoms with Crippen molar-refractivity contribution in [1.29, 1.82) is 0 Å². The average Bonchev–Trinajstić information content (AvgIpc) is 3.24. The number of ether oxygens (including phenoxy) is 1. The molecule has 0 unspecified atom stereocenters. The first-order valence-electron chi connectivity index (χ1n) is 9.57. The number of benzene rings is 1. The molecule has 3 aromatic rings. The van der Waals surface area contributed by atoms with Gasteiger partial charge in [-0.15, -0.1) is 11.3 Å². The molecule has 2 amide bonds. The summed E-state index contributed by atoms with van der Waals surface area (Å²) in [7, 11) is 0. The number of anilines is 1. The van der Waals surface area contributed by atoms with Crippen LogP contribution in [-0.2, 0) is 4.74 Å². The number of rotatable bonds is 5. The van der Waals surface area contributed by atoms with E-state index >= 15 is 0 Å². The van der Waals surface area contributed by atoms with Crippen LogP contribution in [0, 0.1) is 11.6 Å². The molecule has 0 aliphatic carbocycles. The van der Waals surface area contributed by atoms with Gasteiger partial charge in [-0.1, -0.05) is 6.07 Å². The number of carbonyl (C=O) groups is 2. The van der Waals surface area contributed by atoms with Crippen molar-refractivity contribution in [2.24, 2.45) is 0 Å². The first-order chi connectivity index (χ1) is 15.0. The van der Waals surface area contributed by atoms with Crippen molar-refractivity contribution >= 4 is 28.8 Å². The molecule has 7 nitrogen and oxygen atoms in total. The molecule has 0 spiro atoms. The van der Waals surface area contributed by atoms with Gasteiger partial charge in [0.15, 0.2) is 0 Å². The second kappa shape index (κ2) is 9.27. The van der Waals surface area contributed by atoms with E-state index in [4.69, 9.17) is 4.74 Å². The van der Waals surface area contributed by atoms with E-state index in [2.05, 4.69) is 20.6 Å². The Morgan fingerprint density at radius 2 is 1.84 bits per heavy atom. The lowest BCUT2D eigenvalue weighted by Gasteiger charge is -2.23. The normalized spacial score (nSPS) is 14.3. The topological polar surface area (TPSA) is 93.2 Å². The van der Waals surface area contributed by atoms with E-state index in [1.807, 2.05) is 0 Å². The number of aromatic nitrogens is 2. The third-order valence-electron chi connectivity index (χ3n) is 4.78. The number of nitrogens with zero attached hydrogens (tertiary/aromatic N) is 2. The minimum Gasteiger partial charge on any atom is -0.381 e. The van der Waals surface area contributed by atoms with Crippen LogP contribution < -0.4 is 10.6 Å². The molecule has 0 atom stereocenters. The van der Waals surface area contributed by atoms with E-state index in [0.29, 0.717) is 26.1 Å². The number of hydrogen-bond donors (Lipinski definition) is 2. The highest BCUT2D eigenvalue weighted by Gasteiger charge is 2.21. The molecule has 1 fully saturated rings. The van der Waals surface area contributed by atoms with Crippen LogP contribution in [0.4, 0.5) is 14.5 Å².